The molecule has 4 N–H and O–H groups in total. The van der Waals surface area contributed by atoms with E-state index in [4.69, 9.17) is 5.73 Å². The molecule has 2 aromatic carbocycles. The number of nitrogens with two attached hydrogens (primary N) is 1. The Balaban J connectivity index is 1.47. The van der Waals surface area contributed by atoms with Crippen LogP contribution in [-0.4, -0.2) is 11.9 Å². The number of nitrogens with one attached hydrogen (secondary N) is 2. The van der Waals surface area contributed by atoms with E-state index in [0.29, 0.717) is 25.0 Å². The summed E-state index contributed by atoms with van der Waals surface area (Å²) in [6, 6.07) is 7.43. The summed E-state index contributed by atoms with van der Waals surface area (Å²) in [5, 5.41) is 6.30. The Kier molecular flexibility index (Phi) is 7.27. The summed E-state index contributed by atoms with van der Waals surface area (Å²) in [6.07, 6.45) is -6.26. The number of hydrogen-bond donors (Lipinski definition) is 3. The van der Waals surface area contributed by atoms with Crippen LogP contribution < -0.4 is 16.4 Å². The maximum absolute atomic E-state index is 13.4. The lowest BCUT2D eigenvalue weighted by molar-refractivity contribution is -0.143. The van der Waals surface area contributed by atoms with E-state index in [1.54, 1.807) is 0 Å². The number of alkyl halides is 6. The van der Waals surface area contributed by atoms with Gasteiger partial charge in [-0.25, -0.2) is 0 Å². The molecule has 1 saturated carbocycles. The van der Waals surface area contributed by atoms with Gasteiger partial charge in [-0.2, -0.15) is 26.3 Å². The zero-order valence-corrected chi connectivity index (χ0v) is 20.7. The van der Waals surface area contributed by atoms with Gasteiger partial charge in [0.2, 0.25) is 5.91 Å². The molecule has 1 fully saturated rings. The van der Waals surface area contributed by atoms with Crippen molar-refractivity contribution in [1.29, 1.82) is 0 Å². The highest BCUT2D eigenvalue weighted by Gasteiger charge is 2.48. The van der Waals surface area contributed by atoms with E-state index in [2.05, 4.69) is 16.7 Å². The molecule has 4 nitrogen and oxygen atoms in total. The normalized spacial score (nSPS) is 23.9. The molecule has 1 unspecified atom stereocenters. The molecule has 10 heteroatoms. The molecule has 4 rings (SSSR count). The maximum Gasteiger partial charge on any atom is 0.416 e. The van der Waals surface area contributed by atoms with E-state index in [-0.39, 0.29) is 35.5 Å². The fraction of sp³-hybridized carbons (Fsp3) is 0.519. The zero-order chi connectivity index (χ0) is 27.2. The predicted molar refractivity (Wildman–Crippen MR) is 128 cm³/mol. The van der Waals surface area contributed by atoms with Gasteiger partial charge in [0, 0.05) is 24.3 Å². The first kappa shape index (κ1) is 27.3. The Hall–Kier alpha value is -2.75. The van der Waals surface area contributed by atoms with Crippen LogP contribution in [0.4, 0.5) is 32.0 Å². The molecule has 0 saturated heterocycles. The van der Waals surface area contributed by atoms with Gasteiger partial charge in [0.15, 0.2) is 0 Å². The number of carbonyl (C=O) groups is 1. The van der Waals surface area contributed by atoms with Gasteiger partial charge in [-0.1, -0.05) is 26.0 Å². The van der Waals surface area contributed by atoms with Crippen LogP contribution in [0.3, 0.4) is 0 Å². The van der Waals surface area contributed by atoms with Gasteiger partial charge >= 0.3 is 12.4 Å². The molecule has 0 radical (unpaired) electrons. The molecule has 0 bridgehead atoms. The largest absolute Gasteiger partial charge is 0.416 e. The summed E-state index contributed by atoms with van der Waals surface area (Å²) in [5.74, 6) is -0.424. The standard InChI is InChI=1S/C27H31F6N3O/c1-15(2)25(9-8-19(13-25)36-23-7-6-20-21(23)4-3-5-22(20)34)24(37)35-14-16-10-17(26(28,29)30)12-18(11-16)27(31,32)33/h3-5,10-12,15,19,23,36H,6-9,13-14,34H2,1-2H3,(H,35,37)/t19-,23?,25+/m1/s1. The molecule has 0 aromatic heterocycles. The quantitative estimate of drug-likeness (QED) is 0.301. The number of rotatable bonds is 6. The maximum atomic E-state index is 13.4. The Bertz CT molecular complexity index is 1130. The van der Waals surface area contributed by atoms with Gasteiger partial charge in [0.25, 0.3) is 0 Å². The highest BCUT2D eigenvalue weighted by molar-refractivity contribution is 5.83. The van der Waals surface area contributed by atoms with Crippen molar-refractivity contribution in [1.82, 2.24) is 10.6 Å². The van der Waals surface area contributed by atoms with E-state index in [1.165, 1.54) is 0 Å². The fourth-order valence-electron chi connectivity index (χ4n) is 5.83. The van der Waals surface area contributed by atoms with Crippen molar-refractivity contribution in [2.45, 2.75) is 76.9 Å². The molecule has 0 aliphatic heterocycles. The number of benzene rings is 2. The monoisotopic (exact) mass is 527 g/mol. The Morgan fingerprint density at radius 2 is 1.70 bits per heavy atom. The van der Waals surface area contributed by atoms with E-state index >= 15 is 0 Å². The topological polar surface area (TPSA) is 67.2 Å². The highest BCUT2D eigenvalue weighted by atomic mass is 19.4. The van der Waals surface area contributed by atoms with Crippen LogP contribution in [0.25, 0.3) is 0 Å². The van der Waals surface area contributed by atoms with Gasteiger partial charge in [-0.3, -0.25) is 4.79 Å². The zero-order valence-electron chi connectivity index (χ0n) is 20.7. The van der Waals surface area contributed by atoms with Crippen LogP contribution >= 0.6 is 0 Å². The molecule has 2 aliphatic carbocycles. The predicted octanol–water partition coefficient (Wildman–Crippen LogP) is 6.39. The lowest BCUT2D eigenvalue weighted by Crippen LogP contribution is -2.44. The van der Waals surface area contributed by atoms with Crippen molar-refractivity contribution in [3.63, 3.8) is 0 Å². The molecule has 3 atom stereocenters. The Morgan fingerprint density at radius 1 is 1.05 bits per heavy atom. The van der Waals surface area contributed by atoms with Gasteiger partial charge in [-0.05, 0) is 79.0 Å². The first-order chi connectivity index (χ1) is 17.2. The molecule has 1 amide bonds. The van der Waals surface area contributed by atoms with Crippen LogP contribution in [-0.2, 0) is 30.1 Å². The summed E-state index contributed by atoms with van der Waals surface area (Å²) in [4.78, 5) is 13.4. The third kappa shape index (κ3) is 5.58. The molecule has 2 aliphatic rings. The number of fused-ring (bicyclic) bond motifs is 1. The second kappa shape index (κ2) is 9.85. The van der Waals surface area contributed by atoms with Gasteiger partial charge in [0.1, 0.15) is 0 Å². The first-order valence-electron chi connectivity index (χ1n) is 12.4. The minimum absolute atomic E-state index is 0.0518. The number of halogens is 6. The van der Waals surface area contributed by atoms with E-state index < -0.39 is 35.4 Å². The summed E-state index contributed by atoms with van der Waals surface area (Å²) in [7, 11) is 0. The molecule has 0 heterocycles. The third-order valence-corrected chi connectivity index (χ3v) is 7.95. The van der Waals surface area contributed by atoms with Crippen LogP contribution in [0.2, 0.25) is 0 Å². The minimum atomic E-state index is -4.94. The average Bonchev–Trinajstić information content (AvgIpc) is 3.43. The van der Waals surface area contributed by atoms with Crippen molar-refractivity contribution in [2.24, 2.45) is 11.3 Å². The van der Waals surface area contributed by atoms with Crippen LogP contribution in [0.5, 0.6) is 0 Å². The summed E-state index contributed by atoms with van der Waals surface area (Å²) in [5.41, 5.74) is 5.37. The molecule has 37 heavy (non-hydrogen) atoms. The second-order valence-corrected chi connectivity index (χ2v) is 10.5. The van der Waals surface area contributed by atoms with Gasteiger partial charge in [-0.15, -0.1) is 0 Å². The number of amides is 1. The van der Waals surface area contributed by atoms with E-state index in [9.17, 15) is 31.1 Å². The molecular formula is C27H31F6N3O. The van der Waals surface area contributed by atoms with Gasteiger partial charge < -0.3 is 16.4 Å². The Morgan fingerprint density at radius 3 is 2.30 bits per heavy atom. The van der Waals surface area contributed by atoms with Crippen molar-refractivity contribution in [3.05, 3.63) is 64.2 Å². The molecule has 0 spiro atoms. The minimum Gasteiger partial charge on any atom is -0.398 e. The lowest BCUT2D eigenvalue weighted by atomic mass is 9.74. The highest BCUT2D eigenvalue weighted by Crippen LogP contribution is 2.46. The second-order valence-electron chi connectivity index (χ2n) is 10.5. The molecule has 202 valence electrons. The molecular weight excluding hydrogens is 496 g/mol. The van der Waals surface area contributed by atoms with Crippen molar-refractivity contribution < 1.29 is 31.1 Å². The summed E-state index contributed by atoms with van der Waals surface area (Å²) < 4.78 is 79.2. The summed E-state index contributed by atoms with van der Waals surface area (Å²) >= 11 is 0. The number of anilines is 1. The first-order valence-corrected chi connectivity index (χ1v) is 12.4. The number of hydrogen-bond acceptors (Lipinski definition) is 3. The SMILES string of the molecule is CC(C)[C@]1(C(=O)NCc2cc(C(F)(F)F)cc(C(F)(F)F)c2)CC[C@@H](NC2CCc3c(N)cccc32)C1. The van der Waals surface area contributed by atoms with Gasteiger partial charge in [0.05, 0.1) is 16.5 Å². The molecule has 2 aromatic rings. The third-order valence-electron chi connectivity index (χ3n) is 7.95. The Labute approximate surface area is 212 Å². The fourth-order valence-corrected chi connectivity index (χ4v) is 5.83. The van der Waals surface area contributed by atoms with Crippen molar-refractivity contribution in [3.8, 4) is 0 Å². The van der Waals surface area contributed by atoms with Crippen LogP contribution in [0.1, 0.15) is 73.4 Å². The van der Waals surface area contributed by atoms with E-state index in [0.717, 1.165) is 36.1 Å². The average molecular weight is 528 g/mol. The van der Waals surface area contributed by atoms with Crippen LogP contribution in [0, 0.1) is 11.3 Å². The van der Waals surface area contributed by atoms with Crippen molar-refractivity contribution >= 4 is 11.6 Å². The van der Waals surface area contributed by atoms with Crippen molar-refractivity contribution in [2.75, 3.05) is 5.73 Å². The number of carbonyl (C=O) groups excluding carboxylic acids is 1. The van der Waals surface area contributed by atoms with E-state index in [1.807, 2.05) is 26.0 Å². The lowest BCUT2D eigenvalue weighted by Gasteiger charge is -2.33. The van der Waals surface area contributed by atoms with Crippen LogP contribution in [0.15, 0.2) is 36.4 Å². The summed E-state index contributed by atoms with van der Waals surface area (Å²) in [6.45, 7) is 3.41. The number of nitrogen functional groups attached to an aromatic ring is 1. The smallest absolute Gasteiger partial charge is 0.398 e.